The van der Waals surface area contributed by atoms with E-state index in [4.69, 9.17) is 0 Å². The van der Waals surface area contributed by atoms with Gasteiger partial charge in [0.2, 0.25) is 0 Å². The van der Waals surface area contributed by atoms with Crippen LogP contribution in [0.4, 0.5) is 4.39 Å². The summed E-state index contributed by atoms with van der Waals surface area (Å²) < 4.78 is 14.6. The van der Waals surface area contributed by atoms with Gasteiger partial charge < -0.3 is 4.98 Å². The molecule has 1 saturated heterocycles. The minimum absolute atomic E-state index is 0.0291. The smallest absolute Gasteiger partial charge is 0.186 e. The Morgan fingerprint density at radius 1 is 1.31 bits per heavy atom. The highest BCUT2D eigenvalue weighted by Gasteiger charge is 2.41. The highest BCUT2D eigenvalue weighted by Crippen LogP contribution is 2.40. The van der Waals surface area contributed by atoms with Gasteiger partial charge in [-0.25, -0.2) is 9.37 Å². The number of Topliss-reactive ketones (excluding diaryl/α,β-unsaturated/α-hetero) is 1. The summed E-state index contributed by atoms with van der Waals surface area (Å²) in [6, 6.07) is 5.97. The van der Waals surface area contributed by atoms with E-state index in [1.807, 2.05) is 6.08 Å². The Morgan fingerprint density at radius 2 is 2.10 bits per heavy atom. The van der Waals surface area contributed by atoms with Gasteiger partial charge in [-0.05, 0) is 37.0 Å². The number of hydrogen-bond acceptors (Lipinski definition) is 5. The molecule has 2 aliphatic rings. The molecule has 7 heteroatoms. The second-order valence-electron chi connectivity index (χ2n) is 7.65. The van der Waals surface area contributed by atoms with Crippen LogP contribution in [-0.2, 0) is 9.59 Å². The number of nitrogens with one attached hydrogen (secondary N) is 1. The summed E-state index contributed by atoms with van der Waals surface area (Å²) in [5.74, 6) is 0.502. The van der Waals surface area contributed by atoms with Crippen molar-refractivity contribution in [3.8, 4) is 0 Å². The predicted octanol–water partition coefficient (Wildman–Crippen LogP) is 4.01. The minimum atomic E-state index is -0.591. The quantitative estimate of drug-likeness (QED) is 0.775. The maximum absolute atomic E-state index is 14.6. The molecule has 0 radical (unpaired) electrons. The molecule has 0 amide bonds. The van der Waals surface area contributed by atoms with Crippen LogP contribution in [0.2, 0.25) is 0 Å². The van der Waals surface area contributed by atoms with E-state index in [0.29, 0.717) is 24.5 Å². The molecule has 0 bridgehead atoms. The van der Waals surface area contributed by atoms with Crippen molar-refractivity contribution in [1.82, 2.24) is 14.9 Å². The third-order valence-corrected chi connectivity index (χ3v) is 6.60. The Balaban J connectivity index is 1.66. The maximum atomic E-state index is 14.6. The number of nitrogens with zero attached hydrogens (tertiary/aromatic N) is 2. The topological polar surface area (TPSA) is 66.1 Å². The van der Waals surface area contributed by atoms with Gasteiger partial charge in [0.15, 0.2) is 10.9 Å². The molecule has 1 aliphatic carbocycles. The largest absolute Gasteiger partial charge is 0.345 e. The first-order valence-electron chi connectivity index (χ1n) is 9.92. The number of benzene rings is 1. The van der Waals surface area contributed by atoms with Crippen LogP contribution in [0, 0.1) is 11.7 Å². The molecule has 2 unspecified atom stereocenters. The van der Waals surface area contributed by atoms with Gasteiger partial charge in [0.25, 0.3) is 0 Å². The molecule has 1 aromatic carbocycles. The lowest BCUT2D eigenvalue weighted by molar-refractivity contribution is -0.126. The Kier molecular flexibility index (Phi) is 5.96. The molecule has 1 saturated carbocycles. The zero-order chi connectivity index (χ0) is 20.4. The molecule has 4 rings (SSSR count). The SMILES string of the molecule is CC(=O)SC1CCN(C(C(=O)C2CC2)c2ccccc2F)C/C1=C/c1ncc[nH]1. The number of thioether (sulfide) groups is 1. The van der Waals surface area contributed by atoms with Crippen LogP contribution in [0.1, 0.15) is 43.6 Å². The number of likely N-dealkylation sites (tertiary alicyclic amines) is 1. The van der Waals surface area contributed by atoms with Gasteiger partial charge >= 0.3 is 0 Å². The van der Waals surface area contributed by atoms with Crippen LogP contribution in [0.5, 0.6) is 0 Å². The molecule has 29 heavy (non-hydrogen) atoms. The molecule has 2 heterocycles. The standard InChI is InChI=1S/C22H24FN3O2S/c1-14(27)29-19-8-11-26(13-16(19)12-20-24-9-10-25-20)21(22(28)15-6-7-15)17-4-2-3-5-18(17)23/h2-5,9-10,12,15,19,21H,6-8,11,13H2,1H3,(H,24,25)/b16-12-. The number of carbonyl (C=O) groups is 2. The van der Waals surface area contributed by atoms with Gasteiger partial charge in [-0.1, -0.05) is 30.0 Å². The third kappa shape index (κ3) is 4.67. The van der Waals surface area contributed by atoms with E-state index < -0.39 is 6.04 Å². The van der Waals surface area contributed by atoms with Crippen molar-refractivity contribution in [2.45, 2.75) is 37.5 Å². The molecule has 2 atom stereocenters. The molecular weight excluding hydrogens is 389 g/mol. The Labute approximate surface area is 173 Å². The molecule has 1 N–H and O–H groups in total. The van der Waals surface area contributed by atoms with E-state index >= 15 is 0 Å². The molecule has 152 valence electrons. The van der Waals surface area contributed by atoms with Gasteiger partial charge in [0, 0.05) is 49.1 Å². The van der Waals surface area contributed by atoms with E-state index in [2.05, 4.69) is 14.9 Å². The highest BCUT2D eigenvalue weighted by atomic mass is 32.2. The lowest BCUT2D eigenvalue weighted by Crippen LogP contribution is -2.43. The number of aromatic nitrogens is 2. The third-order valence-electron chi connectivity index (χ3n) is 5.44. The number of hydrogen-bond donors (Lipinski definition) is 1. The van der Waals surface area contributed by atoms with E-state index in [1.165, 1.54) is 17.8 Å². The normalized spacial score (nSPS) is 22.6. The van der Waals surface area contributed by atoms with Crippen LogP contribution in [0.3, 0.4) is 0 Å². The molecule has 1 aromatic heterocycles. The highest BCUT2D eigenvalue weighted by molar-refractivity contribution is 8.14. The number of piperidine rings is 1. The number of carbonyl (C=O) groups excluding carboxylic acids is 2. The van der Waals surface area contributed by atoms with E-state index in [9.17, 15) is 14.0 Å². The van der Waals surface area contributed by atoms with Crippen LogP contribution >= 0.6 is 11.8 Å². The molecule has 0 spiro atoms. The summed E-state index contributed by atoms with van der Waals surface area (Å²) in [5.41, 5.74) is 1.47. The zero-order valence-electron chi connectivity index (χ0n) is 16.3. The number of ketones is 1. The summed E-state index contributed by atoms with van der Waals surface area (Å²) in [6.45, 7) is 2.71. The first-order chi connectivity index (χ1) is 14.0. The van der Waals surface area contributed by atoms with Gasteiger partial charge in [-0.2, -0.15) is 0 Å². The lowest BCUT2D eigenvalue weighted by atomic mass is 9.93. The first kappa shape index (κ1) is 20.0. The second kappa shape index (κ2) is 8.63. The van der Waals surface area contributed by atoms with Crippen LogP contribution in [0.15, 0.2) is 42.2 Å². The van der Waals surface area contributed by atoms with Gasteiger partial charge in [-0.3, -0.25) is 14.5 Å². The summed E-state index contributed by atoms with van der Waals surface area (Å²) >= 11 is 1.31. The molecule has 1 aliphatic heterocycles. The van der Waals surface area contributed by atoms with Crippen molar-refractivity contribution >= 4 is 28.7 Å². The lowest BCUT2D eigenvalue weighted by Gasteiger charge is -2.38. The molecule has 5 nitrogen and oxygen atoms in total. The number of imidazole rings is 1. The zero-order valence-corrected chi connectivity index (χ0v) is 17.1. The van der Waals surface area contributed by atoms with Crippen molar-refractivity contribution in [1.29, 1.82) is 0 Å². The van der Waals surface area contributed by atoms with E-state index in [-0.39, 0.29) is 27.9 Å². The number of halogens is 1. The van der Waals surface area contributed by atoms with Crippen molar-refractivity contribution in [3.63, 3.8) is 0 Å². The van der Waals surface area contributed by atoms with Gasteiger partial charge in [0.05, 0.1) is 6.04 Å². The van der Waals surface area contributed by atoms with Crippen molar-refractivity contribution in [2.24, 2.45) is 5.92 Å². The summed E-state index contributed by atoms with van der Waals surface area (Å²) in [5, 5.41) is 0.0969. The monoisotopic (exact) mass is 413 g/mol. The first-order valence-corrected chi connectivity index (χ1v) is 10.8. The summed E-state index contributed by atoms with van der Waals surface area (Å²) in [6.07, 6.45) is 7.87. The van der Waals surface area contributed by atoms with Crippen molar-refractivity contribution in [2.75, 3.05) is 13.1 Å². The van der Waals surface area contributed by atoms with Gasteiger partial charge in [-0.15, -0.1) is 0 Å². The Bertz CT molecular complexity index is 924. The molecule has 2 aromatic rings. The fourth-order valence-corrected chi connectivity index (χ4v) is 4.85. The van der Waals surface area contributed by atoms with Crippen LogP contribution in [-0.4, -0.2) is 44.1 Å². The maximum Gasteiger partial charge on any atom is 0.186 e. The summed E-state index contributed by atoms with van der Waals surface area (Å²) in [4.78, 5) is 34.3. The van der Waals surface area contributed by atoms with Gasteiger partial charge in [0.1, 0.15) is 11.6 Å². The fourth-order valence-electron chi connectivity index (χ4n) is 3.93. The minimum Gasteiger partial charge on any atom is -0.345 e. The fraction of sp³-hybridized carbons (Fsp3) is 0.409. The van der Waals surface area contributed by atoms with Crippen LogP contribution in [0.25, 0.3) is 6.08 Å². The predicted molar refractivity (Wildman–Crippen MR) is 112 cm³/mol. The van der Waals surface area contributed by atoms with Crippen molar-refractivity contribution < 1.29 is 14.0 Å². The second-order valence-corrected chi connectivity index (χ2v) is 9.03. The Morgan fingerprint density at radius 3 is 2.76 bits per heavy atom. The number of H-pyrrole nitrogens is 1. The Hall–Kier alpha value is -2.25. The van der Waals surface area contributed by atoms with E-state index in [1.54, 1.807) is 37.5 Å². The molecular formula is C22H24FN3O2S. The summed E-state index contributed by atoms with van der Waals surface area (Å²) in [7, 11) is 0. The van der Waals surface area contributed by atoms with E-state index in [0.717, 1.165) is 24.8 Å². The average Bonchev–Trinajstić information content (AvgIpc) is 3.42. The molecule has 2 fully saturated rings. The number of aromatic amines is 1. The van der Waals surface area contributed by atoms with Crippen molar-refractivity contribution in [3.05, 3.63) is 59.4 Å². The van der Waals surface area contributed by atoms with Crippen LogP contribution < -0.4 is 0 Å². The average molecular weight is 414 g/mol. The number of rotatable bonds is 6.